The lowest BCUT2D eigenvalue weighted by atomic mass is 10.1. The van der Waals surface area contributed by atoms with Crippen LogP contribution < -0.4 is 10.6 Å². The Morgan fingerprint density at radius 2 is 1.06 bits per heavy atom. The van der Waals surface area contributed by atoms with Gasteiger partial charge in [-0.3, -0.25) is 23.2 Å². The third kappa shape index (κ3) is 3.82. The molecule has 17 heteroatoms. The topological polar surface area (TPSA) is 221 Å². The summed E-state index contributed by atoms with van der Waals surface area (Å²) < 4.78 is 97.4. The van der Waals surface area contributed by atoms with Gasteiger partial charge in [-0.15, -0.1) is 12.6 Å². The van der Waals surface area contributed by atoms with Crippen LogP contribution in [0.25, 0.3) is 0 Å². The first-order valence-electron chi connectivity index (χ1n) is 8.35. The van der Waals surface area contributed by atoms with Crippen molar-refractivity contribution < 1.29 is 48.5 Å². The molecule has 2 aliphatic heterocycles. The summed E-state index contributed by atoms with van der Waals surface area (Å²) in [4.78, 5) is 23.0. The maximum atomic E-state index is 12.9. The van der Waals surface area contributed by atoms with Crippen molar-refractivity contribution in [3.05, 3.63) is 46.8 Å². The molecule has 0 radical (unpaired) electrons. The summed E-state index contributed by atoms with van der Waals surface area (Å²) >= 11 is 4.06. The number of rotatable bonds is 3. The Hall–Kier alpha value is -2.80. The molecule has 0 atom stereocenters. The normalized spacial score (nSPS) is 18.1. The Morgan fingerprint density at radius 1 is 0.636 bits per heavy atom. The molecule has 0 fully saturated rings. The predicted octanol–water partition coefficient (Wildman–Crippen LogP) is 0.844. The first-order valence-corrected chi connectivity index (χ1v) is 13.1. The molecule has 0 aromatic heterocycles. The Kier molecular flexibility index (Phi) is 5.02. The van der Waals surface area contributed by atoms with Gasteiger partial charge in [-0.25, -0.2) is 0 Å². The highest BCUT2D eigenvalue weighted by Gasteiger charge is 2.39. The minimum absolute atomic E-state index is 0.0163. The summed E-state index contributed by atoms with van der Waals surface area (Å²) in [6.07, 6.45) is 0. The fraction of sp³-hybridized carbons (Fsp3) is 0. The molecular formula is C16H10N2O11S4. The highest BCUT2D eigenvalue weighted by molar-refractivity contribution is 7.87. The van der Waals surface area contributed by atoms with Gasteiger partial charge in [-0.05, 0) is 24.3 Å². The predicted molar refractivity (Wildman–Crippen MR) is 113 cm³/mol. The third-order valence-electron chi connectivity index (χ3n) is 4.73. The Bertz CT molecular complexity index is 1670. The van der Waals surface area contributed by atoms with Crippen LogP contribution in [0.4, 0.5) is 11.4 Å². The Morgan fingerprint density at radius 3 is 1.52 bits per heavy atom. The summed E-state index contributed by atoms with van der Waals surface area (Å²) in [6, 6.07) is 2.84. The lowest BCUT2D eigenvalue weighted by Gasteiger charge is -2.08. The molecule has 13 nitrogen and oxygen atoms in total. The monoisotopic (exact) mass is 534 g/mol. The molecule has 4 rings (SSSR count). The molecule has 2 aliphatic rings. The number of anilines is 2. The van der Waals surface area contributed by atoms with Crippen LogP contribution >= 0.6 is 12.6 Å². The Labute approximate surface area is 191 Å². The third-order valence-corrected chi connectivity index (χ3v) is 7.63. The van der Waals surface area contributed by atoms with E-state index in [2.05, 4.69) is 23.3 Å². The molecule has 0 saturated carbocycles. The molecule has 0 spiro atoms. The molecule has 0 unspecified atom stereocenters. The molecule has 2 heterocycles. The number of carbonyl (C=O) groups is 2. The van der Waals surface area contributed by atoms with E-state index >= 15 is 0 Å². The maximum Gasteiger partial charge on any atom is 0.296 e. The number of fused-ring (bicyclic) bond motifs is 2. The summed E-state index contributed by atoms with van der Waals surface area (Å²) in [5.74, 6) is -2.00. The van der Waals surface area contributed by atoms with Gasteiger partial charge in [0.1, 0.15) is 16.3 Å². The van der Waals surface area contributed by atoms with Crippen LogP contribution in [0.3, 0.4) is 0 Å². The van der Waals surface area contributed by atoms with Crippen molar-refractivity contribution in [2.24, 2.45) is 0 Å². The molecule has 2 aromatic rings. The van der Waals surface area contributed by atoms with Crippen LogP contribution in [-0.4, -0.2) is 50.5 Å². The van der Waals surface area contributed by atoms with E-state index in [9.17, 15) is 48.5 Å². The van der Waals surface area contributed by atoms with Crippen LogP contribution in [-0.2, 0) is 30.4 Å². The molecule has 174 valence electrons. The van der Waals surface area contributed by atoms with Gasteiger partial charge < -0.3 is 10.6 Å². The smallest absolute Gasteiger partial charge is 0.296 e. The minimum Gasteiger partial charge on any atom is -0.349 e. The van der Waals surface area contributed by atoms with E-state index < -0.39 is 79.3 Å². The molecule has 0 aliphatic carbocycles. The van der Waals surface area contributed by atoms with Crippen LogP contribution in [0.2, 0.25) is 0 Å². The number of allylic oxidation sites excluding steroid dienone is 2. The first-order chi connectivity index (χ1) is 15.0. The van der Waals surface area contributed by atoms with E-state index in [1.54, 1.807) is 0 Å². The molecule has 0 amide bonds. The average molecular weight is 535 g/mol. The van der Waals surface area contributed by atoms with Crippen LogP contribution in [0.5, 0.6) is 0 Å². The number of ketones is 2. The van der Waals surface area contributed by atoms with Crippen molar-refractivity contribution in [3.63, 3.8) is 0 Å². The fourth-order valence-corrected chi connectivity index (χ4v) is 5.54. The number of hydrogen-bond donors (Lipinski definition) is 6. The quantitative estimate of drug-likeness (QED) is 0.183. The summed E-state index contributed by atoms with van der Waals surface area (Å²) in [5.41, 5.74) is -2.45. The standard InChI is InChI=1S/C16H10N2O11S4/c19-15-7-1-5(31(21,22)23)3-9(30)11(7)17-13(15)14-16(20)8-2-6(32(24,25)26)4-10(12(8)18-14)33(27,28)29/h1-4,17-18,30H,(H,21,22,23)(H,24,25,26)(H,27,28,29)/b14-13+. The second kappa shape index (κ2) is 7.10. The van der Waals surface area contributed by atoms with E-state index in [1.165, 1.54) is 0 Å². The number of Topliss-reactive ketones (excluding diaryl/α,β-unsaturated/α-hetero) is 2. The number of benzene rings is 2. The van der Waals surface area contributed by atoms with Crippen molar-refractivity contribution in [1.29, 1.82) is 0 Å². The van der Waals surface area contributed by atoms with Gasteiger partial charge in [-0.2, -0.15) is 25.3 Å². The zero-order valence-electron chi connectivity index (χ0n) is 15.6. The molecule has 5 N–H and O–H groups in total. The number of carbonyl (C=O) groups excluding carboxylic acids is 2. The van der Waals surface area contributed by atoms with Gasteiger partial charge >= 0.3 is 0 Å². The van der Waals surface area contributed by atoms with Crippen molar-refractivity contribution in [2.45, 2.75) is 19.6 Å². The first kappa shape index (κ1) is 23.4. The van der Waals surface area contributed by atoms with E-state index in [0.29, 0.717) is 12.1 Å². The van der Waals surface area contributed by atoms with Crippen LogP contribution in [0, 0.1) is 0 Å². The van der Waals surface area contributed by atoms with E-state index in [1.807, 2.05) is 0 Å². The maximum absolute atomic E-state index is 12.9. The zero-order chi connectivity index (χ0) is 24.7. The van der Waals surface area contributed by atoms with Gasteiger partial charge in [0.15, 0.2) is 0 Å². The number of thiol groups is 1. The second-order valence-electron chi connectivity index (χ2n) is 6.79. The van der Waals surface area contributed by atoms with E-state index in [-0.39, 0.29) is 16.1 Å². The van der Waals surface area contributed by atoms with Gasteiger partial charge in [0.25, 0.3) is 30.4 Å². The lowest BCUT2D eigenvalue weighted by Crippen LogP contribution is -2.13. The molecule has 33 heavy (non-hydrogen) atoms. The van der Waals surface area contributed by atoms with Crippen molar-refractivity contribution in [1.82, 2.24) is 0 Å². The lowest BCUT2D eigenvalue weighted by molar-refractivity contribution is 0.101. The van der Waals surface area contributed by atoms with Gasteiger partial charge in [-0.1, -0.05) is 0 Å². The highest BCUT2D eigenvalue weighted by atomic mass is 32.2. The number of nitrogens with one attached hydrogen (secondary N) is 2. The molecule has 2 aromatic carbocycles. The van der Waals surface area contributed by atoms with Crippen molar-refractivity contribution >= 4 is 65.9 Å². The van der Waals surface area contributed by atoms with Crippen molar-refractivity contribution in [2.75, 3.05) is 10.6 Å². The van der Waals surface area contributed by atoms with Crippen LogP contribution in [0.1, 0.15) is 20.7 Å². The number of hydrogen-bond acceptors (Lipinski definition) is 11. The average Bonchev–Trinajstić information content (AvgIpc) is 3.16. The van der Waals surface area contributed by atoms with E-state index in [4.69, 9.17) is 0 Å². The van der Waals surface area contributed by atoms with E-state index in [0.717, 1.165) is 12.1 Å². The zero-order valence-corrected chi connectivity index (χ0v) is 18.9. The minimum atomic E-state index is -5.10. The van der Waals surface area contributed by atoms with Crippen molar-refractivity contribution in [3.8, 4) is 0 Å². The summed E-state index contributed by atoms with van der Waals surface area (Å²) in [6.45, 7) is 0. The largest absolute Gasteiger partial charge is 0.349 e. The van der Waals surface area contributed by atoms with Gasteiger partial charge in [0.05, 0.1) is 32.3 Å². The molecule has 0 bridgehead atoms. The highest BCUT2D eigenvalue weighted by Crippen LogP contribution is 2.41. The van der Waals surface area contributed by atoms with Gasteiger partial charge in [0.2, 0.25) is 11.6 Å². The molecular weight excluding hydrogens is 524 g/mol. The van der Waals surface area contributed by atoms with Crippen LogP contribution in [0.15, 0.2) is 55.2 Å². The summed E-state index contributed by atoms with van der Waals surface area (Å²) in [7, 11) is -14.8. The fourth-order valence-electron chi connectivity index (χ4n) is 3.30. The van der Waals surface area contributed by atoms with Gasteiger partial charge in [0, 0.05) is 4.90 Å². The summed E-state index contributed by atoms with van der Waals surface area (Å²) in [5, 5.41) is 4.90. The molecule has 0 saturated heterocycles. The Balaban J connectivity index is 1.92. The second-order valence-corrected chi connectivity index (χ2v) is 11.5. The SMILES string of the molecule is O=C1/C(=C2\Nc3c(cc(S(=O)(=O)O)cc3S(=O)(=O)O)C2=O)Nc2c(S)cc(S(=O)(=O)O)cc21.